The SMILES string of the molecule is Cc1ccc(N2C(=O)c3ccc(-c4ccc5c(c4)C(=O)N(c4ccc(C)c(C)c4)C5=O)cc3C2=O)cc1C. The molecule has 4 aromatic carbocycles. The molecule has 6 rings (SSSR count). The van der Waals surface area contributed by atoms with Crippen molar-refractivity contribution in [3.05, 3.63) is 117 Å². The highest BCUT2D eigenvalue weighted by atomic mass is 16.2. The molecular weight excluding hydrogens is 476 g/mol. The lowest BCUT2D eigenvalue weighted by Crippen LogP contribution is -2.29. The van der Waals surface area contributed by atoms with Crippen molar-refractivity contribution in [1.29, 1.82) is 0 Å². The molecule has 0 saturated heterocycles. The zero-order valence-corrected chi connectivity index (χ0v) is 21.5. The number of anilines is 2. The third kappa shape index (κ3) is 3.41. The van der Waals surface area contributed by atoms with Gasteiger partial charge in [0, 0.05) is 0 Å². The number of fused-ring (bicyclic) bond motifs is 2. The molecule has 2 heterocycles. The highest BCUT2D eigenvalue weighted by molar-refractivity contribution is 6.35. The Morgan fingerprint density at radius 2 is 0.763 bits per heavy atom. The van der Waals surface area contributed by atoms with E-state index in [1.165, 1.54) is 9.80 Å². The van der Waals surface area contributed by atoms with Gasteiger partial charge in [0.1, 0.15) is 0 Å². The van der Waals surface area contributed by atoms with Gasteiger partial charge in [-0.05, 0) is 110 Å². The molecule has 6 heteroatoms. The van der Waals surface area contributed by atoms with Gasteiger partial charge in [-0.3, -0.25) is 19.2 Å². The summed E-state index contributed by atoms with van der Waals surface area (Å²) in [5.41, 5.74) is 7.87. The summed E-state index contributed by atoms with van der Waals surface area (Å²) in [7, 11) is 0. The number of carbonyl (C=O) groups is 4. The fourth-order valence-corrected chi connectivity index (χ4v) is 5.04. The molecule has 0 aliphatic carbocycles. The maximum atomic E-state index is 13.3. The Morgan fingerprint density at radius 1 is 0.395 bits per heavy atom. The van der Waals surface area contributed by atoms with Crippen molar-refractivity contribution in [3.63, 3.8) is 0 Å². The number of benzene rings is 4. The molecule has 0 aromatic heterocycles. The maximum Gasteiger partial charge on any atom is 0.266 e. The van der Waals surface area contributed by atoms with E-state index in [0.717, 1.165) is 22.3 Å². The normalized spacial score (nSPS) is 14.4. The van der Waals surface area contributed by atoms with Crippen molar-refractivity contribution in [2.24, 2.45) is 0 Å². The molecule has 0 radical (unpaired) electrons. The standard InChI is InChI=1S/C32H24N2O4/c1-17-5-9-23(13-19(17)3)33-29(35)25-11-7-21(15-27(25)31(33)37)22-8-12-26-28(16-22)32(38)34(30(26)36)24-10-6-18(2)20(4)14-24/h5-16H,1-4H3. The number of nitrogens with zero attached hydrogens (tertiary/aromatic N) is 2. The summed E-state index contributed by atoms with van der Waals surface area (Å²) in [6.45, 7) is 7.83. The number of hydrogen-bond donors (Lipinski definition) is 0. The molecular formula is C32H24N2O4. The van der Waals surface area contributed by atoms with Gasteiger partial charge in [0.25, 0.3) is 23.6 Å². The van der Waals surface area contributed by atoms with Crippen molar-refractivity contribution in [2.45, 2.75) is 27.7 Å². The van der Waals surface area contributed by atoms with Gasteiger partial charge in [0.05, 0.1) is 33.6 Å². The fraction of sp³-hybridized carbons (Fsp3) is 0.125. The van der Waals surface area contributed by atoms with Crippen LogP contribution in [0.2, 0.25) is 0 Å². The summed E-state index contributed by atoms with van der Waals surface area (Å²) in [5, 5.41) is 0. The summed E-state index contributed by atoms with van der Waals surface area (Å²) in [6.07, 6.45) is 0. The quantitative estimate of drug-likeness (QED) is 0.315. The first-order valence-corrected chi connectivity index (χ1v) is 12.4. The average molecular weight is 501 g/mol. The molecule has 38 heavy (non-hydrogen) atoms. The Morgan fingerprint density at radius 3 is 1.13 bits per heavy atom. The van der Waals surface area contributed by atoms with Gasteiger partial charge in [-0.1, -0.05) is 24.3 Å². The summed E-state index contributed by atoms with van der Waals surface area (Å²) in [6, 6.07) is 21.2. The minimum atomic E-state index is -0.386. The lowest BCUT2D eigenvalue weighted by Gasteiger charge is -2.15. The van der Waals surface area contributed by atoms with E-state index >= 15 is 0 Å². The molecule has 0 saturated carbocycles. The molecule has 2 aliphatic heterocycles. The molecule has 4 amide bonds. The number of carbonyl (C=O) groups excluding carboxylic acids is 4. The number of aryl methyl sites for hydroxylation is 4. The summed E-state index contributed by atoms with van der Waals surface area (Å²) in [5.74, 6) is -1.50. The van der Waals surface area contributed by atoms with Crippen LogP contribution < -0.4 is 9.80 Å². The van der Waals surface area contributed by atoms with Crippen molar-refractivity contribution in [3.8, 4) is 11.1 Å². The van der Waals surface area contributed by atoms with Crippen LogP contribution in [0.25, 0.3) is 11.1 Å². The molecule has 4 aromatic rings. The summed E-state index contributed by atoms with van der Waals surface area (Å²) < 4.78 is 0. The predicted octanol–water partition coefficient (Wildman–Crippen LogP) is 6.19. The Hall–Kier alpha value is -4.84. The van der Waals surface area contributed by atoms with Crippen LogP contribution in [0, 0.1) is 27.7 Å². The highest BCUT2D eigenvalue weighted by Crippen LogP contribution is 2.35. The number of hydrogen-bond acceptors (Lipinski definition) is 4. The van der Waals surface area contributed by atoms with Crippen LogP contribution in [0.5, 0.6) is 0 Å². The van der Waals surface area contributed by atoms with Crippen LogP contribution >= 0.6 is 0 Å². The van der Waals surface area contributed by atoms with E-state index in [1.54, 1.807) is 48.5 Å². The second-order valence-corrected chi connectivity index (χ2v) is 9.95. The minimum Gasteiger partial charge on any atom is -0.268 e. The number of amides is 4. The van der Waals surface area contributed by atoms with E-state index in [2.05, 4.69) is 0 Å². The van der Waals surface area contributed by atoms with Gasteiger partial charge >= 0.3 is 0 Å². The van der Waals surface area contributed by atoms with Crippen LogP contribution in [-0.2, 0) is 0 Å². The topological polar surface area (TPSA) is 74.8 Å². The van der Waals surface area contributed by atoms with Gasteiger partial charge in [0.2, 0.25) is 0 Å². The van der Waals surface area contributed by atoms with Gasteiger partial charge in [-0.2, -0.15) is 0 Å². The Balaban J connectivity index is 1.35. The van der Waals surface area contributed by atoms with Crippen molar-refractivity contribution in [1.82, 2.24) is 0 Å². The van der Waals surface area contributed by atoms with Crippen molar-refractivity contribution >= 4 is 35.0 Å². The zero-order valence-electron chi connectivity index (χ0n) is 21.5. The van der Waals surface area contributed by atoms with Crippen LogP contribution in [0.1, 0.15) is 63.7 Å². The second kappa shape index (κ2) is 8.35. The Kier molecular flexibility index (Phi) is 5.17. The van der Waals surface area contributed by atoms with Crippen molar-refractivity contribution < 1.29 is 19.2 Å². The molecule has 0 unspecified atom stereocenters. The van der Waals surface area contributed by atoms with Crippen LogP contribution in [0.4, 0.5) is 11.4 Å². The lowest BCUT2D eigenvalue weighted by molar-refractivity contribution is 0.0910. The second-order valence-electron chi connectivity index (χ2n) is 9.95. The number of imide groups is 2. The summed E-state index contributed by atoms with van der Waals surface area (Å²) >= 11 is 0. The molecule has 0 N–H and O–H groups in total. The first-order valence-electron chi connectivity index (χ1n) is 12.4. The zero-order chi connectivity index (χ0) is 26.9. The minimum absolute atomic E-state index is 0.311. The van der Waals surface area contributed by atoms with Crippen LogP contribution in [0.3, 0.4) is 0 Å². The third-order valence-corrected chi connectivity index (χ3v) is 7.60. The number of rotatable bonds is 3. The van der Waals surface area contributed by atoms with Crippen molar-refractivity contribution in [2.75, 3.05) is 9.80 Å². The molecule has 0 fully saturated rings. The van der Waals surface area contributed by atoms with Crippen LogP contribution in [-0.4, -0.2) is 23.6 Å². The first-order chi connectivity index (χ1) is 18.2. The molecule has 0 spiro atoms. The molecule has 0 bridgehead atoms. The summed E-state index contributed by atoms with van der Waals surface area (Å²) in [4.78, 5) is 55.3. The monoisotopic (exact) mass is 500 g/mol. The predicted molar refractivity (Wildman–Crippen MR) is 146 cm³/mol. The average Bonchev–Trinajstić information content (AvgIpc) is 3.31. The van der Waals surface area contributed by atoms with E-state index in [1.807, 2.05) is 52.0 Å². The van der Waals surface area contributed by atoms with E-state index in [0.29, 0.717) is 44.8 Å². The van der Waals surface area contributed by atoms with E-state index in [4.69, 9.17) is 0 Å². The van der Waals surface area contributed by atoms with Gasteiger partial charge < -0.3 is 0 Å². The molecule has 0 atom stereocenters. The highest BCUT2D eigenvalue weighted by Gasteiger charge is 2.38. The Labute approximate surface area is 220 Å². The third-order valence-electron chi connectivity index (χ3n) is 7.60. The van der Waals surface area contributed by atoms with E-state index in [9.17, 15) is 19.2 Å². The van der Waals surface area contributed by atoms with Gasteiger partial charge in [-0.15, -0.1) is 0 Å². The van der Waals surface area contributed by atoms with Crippen LogP contribution in [0.15, 0.2) is 72.8 Å². The van der Waals surface area contributed by atoms with Gasteiger partial charge in [0.15, 0.2) is 0 Å². The smallest absolute Gasteiger partial charge is 0.266 e. The maximum absolute atomic E-state index is 13.3. The largest absolute Gasteiger partial charge is 0.268 e. The fourth-order valence-electron chi connectivity index (χ4n) is 5.04. The van der Waals surface area contributed by atoms with E-state index in [-0.39, 0.29) is 23.6 Å². The lowest BCUT2D eigenvalue weighted by atomic mass is 9.97. The molecule has 6 nitrogen and oxygen atoms in total. The molecule has 186 valence electrons. The van der Waals surface area contributed by atoms with Gasteiger partial charge in [-0.25, -0.2) is 9.80 Å². The molecule has 2 aliphatic rings. The first kappa shape index (κ1) is 23.6. The Bertz CT molecular complexity index is 1620. The van der Waals surface area contributed by atoms with E-state index < -0.39 is 0 Å².